The van der Waals surface area contributed by atoms with Crippen LogP contribution in [0.4, 0.5) is 5.95 Å². The summed E-state index contributed by atoms with van der Waals surface area (Å²) >= 11 is 5.69. The number of methoxy groups -OCH3 is 2. The van der Waals surface area contributed by atoms with Crippen LogP contribution in [-0.2, 0) is 9.53 Å². The number of halogens is 1. The molecule has 0 aliphatic rings. The lowest BCUT2D eigenvalue weighted by atomic mass is 10.3. The third-order valence-corrected chi connectivity index (χ3v) is 2.28. The molecule has 9 heteroatoms. The predicted octanol–water partition coefficient (Wildman–Crippen LogP) is 0.0966. The quantitative estimate of drug-likeness (QED) is 0.687. The number of nitrogens with one attached hydrogen (secondary N) is 2. The number of rotatable bonds is 7. The highest BCUT2D eigenvalue weighted by atomic mass is 35.5. The summed E-state index contributed by atoms with van der Waals surface area (Å²) in [6.45, 7) is 2.55. The van der Waals surface area contributed by atoms with Crippen molar-refractivity contribution >= 4 is 23.5 Å². The van der Waals surface area contributed by atoms with E-state index in [9.17, 15) is 4.79 Å². The first-order chi connectivity index (χ1) is 9.06. The summed E-state index contributed by atoms with van der Waals surface area (Å²) in [5, 5.41) is 5.48. The van der Waals surface area contributed by atoms with Crippen molar-refractivity contribution in [1.82, 2.24) is 20.3 Å². The van der Waals surface area contributed by atoms with Gasteiger partial charge in [-0.2, -0.15) is 15.0 Å². The fourth-order valence-electron chi connectivity index (χ4n) is 1.18. The monoisotopic (exact) mass is 289 g/mol. The second-order valence-electron chi connectivity index (χ2n) is 3.56. The molecule has 1 amide bonds. The highest BCUT2D eigenvalue weighted by molar-refractivity contribution is 6.28. The normalized spacial score (nSPS) is 11.8. The molecule has 1 aromatic heterocycles. The fraction of sp³-hybridized carbons (Fsp3) is 0.600. The zero-order valence-electron chi connectivity index (χ0n) is 10.9. The van der Waals surface area contributed by atoms with Crippen LogP contribution >= 0.6 is 11.6 Å². The average Bonchev–Trinajstić information content (AvgIpc) is 2.38. The molecule has 8 nitrogen and oxygen atoms in total. The zero-order valence-corrected chi connectivity index (χ0v) is 11.7. The molecule has 1 aromatic rings. The number of carbonyl (C=O) groups is 1. The molecule has 1 rings (SSSR count). The van der Waals surface area contributed by atoms with Gasteiger partial charge in [0.25, 0.3) is 0 Å². The first-order valence-corrected chi connectivity index (χ1v) is 5.93. The van der Waals surface area contributed by atoms with Crippen LogP contribution < -0.4 is 15.4 Å². The van der Waals surface area contributed by atoms with Crippen molar-refractivity contribution in [2.75, 3.05) is 32.7 Å². The van der Waals surface area contributed by atoms with Crippen molar-refractivity contribution in [1.29, 1.82) is 0 Å². The van der Waals surface area contributed by atoms with E-state index in [4.69, 9.17) is 21.1 Å². The number of amides is 1. The lowest BCUT2D eigenvalue weighted by Gasteiger charge is -2.14. The van der Waals surface area contributed by atoms with Crippen molar-refractivity contribution in [2.45, 2.75) is 13.0 Å². The van der Waals surface area contributed by atoms with Crippen molar-refractivity contribution in [3.05, 3.63) is 5.28 Å². The van der Waals surface area contributed by atoms with Gasteiger partial charge in [0.05, 0.1) is 13.7 Å². The highest BCUT2D eigenvalue weighted by Gasteiger charge is 2.14. The van der Waals surface area contributed by atoms with Crippen molar-refractivity contribution in [3.63, 3.8) is 0 Å². The SMILES string of the molecule is COCCNC(=O)C(C)Nc1nc(Cl)nc(OC)n1. The Balaban J connectivity index is 2.58. The van der Waals surface area contributed by atoms with E-state index in [1.807, 2.05) is 0 Å². The Bertz CT molecular complexity index is 432. The summed E-state index contributed by atoms with van der Waals surface area (Å²) in [4.78, 5) is 23.2. The summed E-state index contributed by atoms with van der Waals surface area (Å²) in [5.74, 6) is -0.0289. The van der Waals surface area contributed by atoms with E-state index in [2.05, 4.69) is 25.6 Å². The predicted molar refractivity (Wildman–Crippen MR) is 69.4 cm³/mol. The molecular weight excluding hydrogens is 274 g/mol. The Hall–Kier alpha value is -1.67. The lowest BCUT2D eigenvalue weighted by molar-refractivity contribution is -0.121. The molecular formula is C10H16ClN5O3. The van der Waals surface area contributed by atoms with Crippen molar-refractivity contribution < 1.29 is 14.3 Å². The van der Waals surface area contributed by atoms with Gasteiger partial charge in [-0.1, -0.05) is 0 Å². The molecule has 0 aliphatic heterocycles. The number of carbonyl (C=O) groups excluding carboxylic acids is 1. The maximum absolute atomic E-state index is 11.7. The van der Waals surface area contributed by atoms with Crippen LogP contribution in [0.1, 0.15) is 6.92 Å². The molecule has 0 radical (unpaired) electrons. The van der Waals surface area contributed by atoms with Gasteiger partial charge in [-0.05, 0) is 18.5 Å². The van der Waals surface area contributed by atoms with Crippen molar-refractivity contribution in [3.8, 4) is 6.01 Å². The summed E-state index contributed by atoms with van der Waals surface area (Å²) < 4.78 is 9.69. The topological polar surface area (TPSA) is 98.3 Å². The third-order valence-electron chi connectivity index (χ3n) is 2.11. The van der Waals surface area contributed by atoms with Crippen LogP contribution in [0.3, 0.4) is 0 Å². The molecule has 0 spiro atoms. The molecule has 1 atom stereocenters. The van der Waals surface area contributed by atoms with E-state index in [1.165, 1.54) is 7.11 Å². The highest BCUT2D eigenvalue weighted by Crippen LogP contribution is 2.11. The largest absolute Gasteiger partial charge is 0.467 e. The molecule has 0 aliphatic carbocycles. The zero-order chi connectivity index (χ0) is 14.3. The number of hydrogen-bond acceptors (Lipinski definition) is 7. The van der Waals surface area contributed by atoms with E-state index >= 15 is 0 Å². The molecule has 106 valence electrons. The molecule has 0 fully saturated rings. The van der Waals surface area contributed by atoms with Crippen LogP contribution in [0, 0.1) is 0 Å². The fourth-order valence-corrected chi connectivity index (χ4v) is 1.33. The lowest BCUT2D eigenvalue weighted by Crippen LogP contribution is -2.39. The minimum Gasteiger partial charge on any atom is -0.467 e. The van der Waals surface area contributed by atoms with Crippen LogP contribution in [0.15, 0.2) is 0 Å². The van der Waals surface area contributed by atoms with Gasteiger partial charge >= 0.3 is 6.01 Å². The molecule has 0 bridgehead atoms. The maximum atomic E-state index is 11.7. The van der Waals surface area contributed by atoms with E-state index in [-0.39, 0.29) is 23.1 Å². The van der Waals surface area contributed by atoms with Crippen molar-refractivity contribution in [2.24, 2.45) is 0 Å². The van der Waals surface area contributed by atoms with Crippen LogP contribution in [0.25, 0.3) is 0 Å². The van der Waals surface area contributed by atoms with Gasteiger partial charge in [-0.25, -0.2) is 0 Å². The summed E-state index contributed by atoms with van der Waals surface area (Å²) in [7, 11) is 2.98. The van der Waals surface area contributed by atoms with E-state index in [0.717, 1.165) is 0 Å². The summed E-state index contributed by atoms with van der Waals surface area (Å²) in [6.07, 6.45) is 0. The Morgan fingerprint density at radius 3 is 2.74 bits per heavy atom. The van der Waals surface area contributed by atoms with Gasteiger partial charge in [0.1, 0.15) is 6.04 Å². The first-order valence-electron chi connectivity index (χ1n) is 5.55. The number of aromatic nitrogens is 3. The van der Waals surface area contributed by atoms with Gasteiger partial charge in [-0.15, -0.1) is 0 Å². The minimum atomic E-state index is -0.528. The number of nitrogens with zero attached hydrogens (tertiary/aromatic N) is 3. The van der Waals surface area contributed by atoms with Gasteiger partial charge < -0.3 is 20.1 Å². The van der Waals surface area contributed by atoms with Gasteiger partial charge in [-0.3, -0.25) is 4.79 Å². The standard InChI is InChI=1S/C10H16ClN5O3/c1-6(7(17)12-4-5-18-2)13-9-14-8(11)15-10(16-9)19-3/h6H,4-5H2,1-3H3,(H,12,17)(H,13,14,15,16). The minimum absolute atomic E-state index is 0.0126. The third kappa shape index (κ3) is 5.23. The molecule has 0 aromatic carbocycles. The Kier molecular flexibility index (Phi) is 6.23. The number of ether oxygens (including phenoxy) is 2. The molecule has 2 N–H and O–H groups in total. The summed E-state index contributed by atoms with van der Waals surface area (Å²) in [5.41, 5.74) is 0. The Morgan fingerprint density at radius 1 is 1.37 bits per heavy atom. The van der Waals surface area contributed by atoms with Gasteiger partial charge in [0, 0.05) is 13.7 Å². The van der Waals surface area contributed by atoms with Crippen LogP contribution in [-0.4, -0.2) is 54.3 Å². The molecule has 19 heavy (non-hydrogen) atoms. The molecule has 1 heterocycles. The summed E-state index contributed by atoms with van der Waals surface area (Å²) in [6, 6.07) is -0.450. The molecule has 0 saturated carbocycles. The van der Waals surface area contributed by atoms with E-state index in [1.54, 1.807) is 14.0 Å². The smallest absolute Gasteiger partial charge is 0.322 e. The van der Waals surface area contributed by atoms with Gasteiger partial charge in [0.15, 0.2) is 0 Å². The van der Waals surface area contributed by atoms with Gasteiger partial charge in [0.2, 0.25) is 17.1 Å². The maximum Gasteiger partial charge on any atom is 0.322 e. The molecule has 0 saturated heterocycles. The molecule has 1 unspecified atom stereocenters. The first kappa shape index (κ1) is 15.4. The Morgan fingerprint density at radius 2 is 2.11 bits per heavy atom. The van der Waals surface area contributed by atoms with Crippen LogP contribution in [0.2, 0.25) is 5.28 Å². The average molecular weight is 290 g/mol. The number of anilines is 1. The number of hydrogen-bond donors (Lipinski definition) is 2. The Labute approximate surface area is 115 Å². The van der Waals surface area contributed by atoms with E-state index in [0.29, 0.717) is 13.2 Å². The van der Waals surface area contributed by atoms with E-state index < -0.39 is 6.04 Å². The second-order valence-corrected chi connectivity index (χ2v) is 3.90. The second kappa shape index (κ2) is 7.70. The van der Waals surface area contributed by atoms with Crippen LogP contribution in [0.5, 0.6) is 6.01 Å².